The predicted octanol–water partition coefficient (Wildman–Crippen LogP) is 1.09. The quantitative estimate of drug-likeness (QED) is 0.817. The Bertz CT molecular complexity index is 557. The minimum atomic E-state index is -0.433. The molecule has 3 atom stereocenters. The van der Waals surface area contributed by atoms with Crippen LogP contribution in [0.4, 0.5) is 5.82 Å². The first kappa shape index (κ1) is 15.5. The van der Waals surface area contributed by atoms with Crippen LogP contribution in [-0.2, 0) is 14.3 Å². The number of nitrogens with zero attached hydrogens (tertiary/aromatic N) is 2. The van der Waals surface area contributed by atoms with Gasteiger partial charge in [-0.15, -0.1) is 0 Å². The van der Waals surface area contributed by atoms with Gasteiger partial charge in [0.2, 0.25) is 0 Å². The van der Waals surface area contributed by atoms with Crippen LogP contribution in [-0.4, -0.2) is 28.2 Å². The van der Waals surface area contributed by atoms with Crippen LogP contribution in [0.1, 0.15) is 39.3 Å². The summed E-state index contributed by atoms with van der Waals surface area (Å²) < 4.78 is 12.4. The highest BCUT2D eigenvalue weighted by molar-refractivity contribution is 5.71. The van der Waals surface area contributed by atoms with Crippen LogP contribution in [0.15, 0.2) is 17.1 Å². The van der Waals surface area contributed by atoms with Crippen LogP contribution in [0, 0.1) is 5.92 Å². The van der Waals surface area contributed by atoms with Gasteiger partial charge < -0.3 is 15.2 Å². The third-order valence-corrected chi connectivity index (χ3v) is 3.67. The van der Waals surface area contributed by atoms with Crippen molar-refractivity contribution >= 4 is 11.8 Å². The second kappa shape index (κ2) is 6.71. The molecule has 0 aromatic carbocycles. The first-order valence-electron chi connectivity index (χ1n) is 7.18. The zero-order valence-corrected chi connectivity index (χ0v) is 12.3. The molecular formula is C14H21N3O4. The second-order valence-corrected chi connectivity index (χ2v) is 5.27. The highest BCUT2D eigenvalue weighted by Crippen LogP contribution is 2.27. The molecule has 116 valence electrons. The molecule has 0 aliphatic carbocycles. The minimum Gasteiger partial charge on any atom is -0.463 e. The highest BCUT2D eigenvalue weighted by atomic mass is 16.6. The maximum Gasteiger partial charge on any atom is 0.351 e. The summed E-state index contributed by atoms with van der Waals surface area (Å²) in [4.78, 5) is 27.0. The summed E-state index contributed by atoms with van der Waals surface area (Å²) in [6, 6.07) is 1.56. The summed E-state index contributed by atoms with van der Waals surface area (Å²) in [6.07, 6.45) is 3.17. The number of nitrogen functional groups attached to an aromatic ring is 1. The summed E-state index contributed by atoms with van der Waals surface area (Å²) in [5.74, 6) is -0.129. The number of aromatic nitrogens is 2. The van der Waals surface area contributed by atoms with Crippen molar-refractivity contribution in [2.45, 2.75) is 45.4 Å². The minimum absolute atomic E-state index is 0.105. The first-order valence-corrected chi connectivity index (χ1v) is 7.18. The number of carbonyl (C=O) groups excluding carboxylic acids is 1. The number of hydrogen-bond acceptors (Lipinski definition) is 6. The monoisotopic (exact) mass is 295 g/mol. The summed E-state index contributed by atoms with van der Waals surface area (Å²) in [7, 11) is 0. The van der Waals surface area contributed by atoms with Crippen molar-refractivity contribution in [3.63, 3.8) is 0 Å². The van der Waals surface area contributed by atoms with E-state index < -0.39 is 5.69 Å². The molecule has 2 N–H and O–H groups in total. The molecule has 1 aromatic rings. The van der Waals surface area contributed by atoms with E-state index in [-0.39, 0.29) is 36.6 Å². The molecule has 1 aliphatic rings. The molecule has 7 nitrogen and oxygen atoms in total. The summed E-state index contributed by atoms with van der Waals surface area (Å²) in [6.45, 7) is 3.99. The summed E-state index contributed by atoms with van der Waals surface area (Å²) in [5, 5.41) is 0. The van der Waals surface area contributed by atoms with E-state index >= 15 is 0 Å². The van der Waals surface area contributed by atoms with E-state index in [1.807, 2.05) is 13.8 Å². The lowest BCUT2D eigenvalue weighted by molar-refractivity contribution is -0.152. The number of esters is 1. The Kier molecular flexibility index (Phi) is 4.95. The van der Waals surface area contributed by atoms with Gasteiger partial charge in [0.25, 0.3) is 0 Å². The predicted molar refractivity (Wildman–Crippen MR) is 76.5 cm³/mol. The maximum atomic E-state index is 11.7. The first-order chi connectivity index (χ1) is 10.0. The molecule has 2 rings (SSSR count). The van der Waals surface area contributed by atoms with Gasteiger partial charge in [-0.05, 0) is 25.3 Å². The van der Waals surface area contributed by atoms with Crippen molar-refractivity contribution in [3.8, 4) is 0 Å². The van der Waals surface area contributed by atoms with Crippen LogP contribution >= 0.6 is 0 Å². The summed E-state index contributed by atoms with van der Waals surface area (Å²) in [5.41, 5.74) is 5.02. The zero-order valence-electron chi connectivity index (χ0n) is 12.3. The molecule has 0 radical (unpaired) electrons. The van der Waals surface area contributed by atoms with Crippen molar-refractivity contribution in [1.82, 2.24) is 9.55 Å². The second-order valence-electron chi connectivity index (χ2n) is 5.27. The zero-order chi connectivity index (χ0) is 15.4. The van der Waals surface area contributed by atoms with Crippen molar-refractivity contribution < 1.29 is 14.3 Å². The molecule has 7 heteroatoms. The van der Waals surface area contributed by atoms with Crippen LogP contribution in [0.2, 0.25) is 0 Å². The molecule has 1 saturated heterocycles. The van der Waals surface area contributed by atoms with Gasteiger partial charge in [-0.2, -0.15) is 4.98 Å². The third kappa shape index (κ3) is 3.81. The SMILES string of the molecule is CCC(C)C(=O)OCC1CCC(n2ccc(N)nc2=O)O1. The van der Waals surface area contributed by atoms with Gasteiger partial charge in [0.1, 0.15) is 18.7 Å². The Morgan fingerprint density at radius 1 is 1.62 bits per heavy atom. The number of nitrogens with two attached hydrogens (primary N) is 1. The lowest BCUT2D eigenvalue weighted by Crippen LogP contribution is -2.28. The number of rotatable bonds is 5. The van der Waals surface area contributed by atoms with Crippen LogP contribution in [0.25, 0.3) is 0 Å². The van der Waals surface area contributed by atoms with Gasteiger partial charge in [-0.3, -0.25) is 9.36 Å². The molecule has 2 heterocycles. The van der Waals surface area contributed by atoms with Crippen molar-refractivity contribution in [1.29, 1.82) is 0 Å². The van der Waals surface area contributed by atoms with Crippen molar-refractivity contribution in [3.05, 3.63) is 22.7 Å². The van der Waals surface area contributed by atoms with E-state index in [9.17, 15) is 9.59 Å². The molecule has 1 aromatic heterocycles. The number of hydrogen-bond donors (Lipinski definition) is 1. The largest absolute Gasteiger partial charge is 0.463 e. The molecule has 0 amide bonds. The normalized spacial score (nSPS) is 23.0. The van der Waals surface area contributed by atoms with E-state index in [1.165, 1.54) is 4.57 Å². The Labute approximate surface area is 123 Å². The smallest absolute Gasteiger partial charge is 0.351 e. The fraction of sp³-hybridized carbons (Fsp3) is 0.643. The Morgan fingerprint density at radius 2 is 2.38 bits per heavy atom. The van der Waals surface area contributed by atoms with Crippen LogP contribution in [0.3, 0.4) is 0 Å². The van der Waals surface area contributed by atoms with E-state index in [0.29, 0.717) is 6.42 Å². The number of anilines is 1. The molecule has 21 heavy (non-hydrogen) atoms. The topological polar surface area (TPSA) is 96.4 Å². The average Bonchev–Trinajstić information content (AvgIpc) is 2.92. The van der Waals surface area contributed by atoms with Crippen molar-refractivity contribution in [2.75, 3.05) is 12.3 Å². The lowest BCUT2D eigenvalue weighted by Gasteiger charge is -2.16. The maximum absolute atomic E-state index is 11.7. The Morgan fingerprint density at radius 3 is 3.05 bits per heavy atom. The van der Waals surface area contributed by atoms with Gasteiger partial charge in [0, 0.05) is 6.20 Å². The van der Waals surface area contributed by atoms with Crippen LogP contribution < -0.4 is 11.4 Å². The van der Waals surface area contributed by atoms with Crippen molar-refractivity contribution in [2.24, 2.45) is 5.92 Å². The average molecular weight is 295 g/mol. The molecule has 0 saturated carbocycles. The van der Waals surface area contributed by atoms with Gasteiger partial charge >= 0.3 is 11.7 Å². The lowest BCUT2D eigenvalue weighted by atomic mass is 10.1. The van der Waals surface area contributed by atoms with Gasteiger partial charge in [0.05, 0.1) is 12.0 Å². The fourth-order valence-corrected chi connectivity index (χ4v) is 2.14. The van der Waals surface area contributed by atoms with E-state index in [1.54, 1.807) is 12.3 Å². The highest BCUT2D eigenvalue weighted by Gasteiger charge is 2.28. The molecule has 0 bridgehead atoms. The molecule has 1 fully saturated rings. The standard InChI is InChI=1S/C14H21N3O4/c1-3-9(2)13(18)20-8-10-4-5-12(21-10)17-7-6-11(15)16-14(17)19/h6-7,9-10,12H,3-5,8H2,1-2H3,(H2,15,16,19). The van der Waals surface area contributed by atoms with Gasteiger partial charge in [0.15, 0.2) is 0 Å². The van der Waals surface area contributed by atoms with E-state index in [4.69, 9.17) is 15.2 Å². The fourth-order valence-electron chi connectivity index (χ4n) is 2.14. The molecule has 0 spiro atoms. The Balaban J connectivity index is 1.89. The summed E-state index contributed by atoms with van der Waals surface area (Å²) >= 11 is 0. The van der Waals surface area contributed by atoms with Gasteiger partial charge in [-0.1, -0.05) is 13.8 Å². The molecule has 1 aliphatic heterocycles. The number of ether oxygens (including phenoxy) is 2. The van der Waals surface area contributed by atoms with Crippen LogP contribution in [0.5, 0.6) is 0 Å². The molecule has 3 unspecified atom stereocenters. The van der Waals surface area contributed by atoms with E-state index in [0.717, 1.165) is 12.8 Å². The van der Waals surface area contributed by atoms with Gasteiger partial charge in [-0.25, -0.2) is 4.79 Å². The van der Waals surface area contributed by atoms with E-state index in [2.05, 4.69) is 4.98 Å². The Hall–Kier alpha value is -1.89. The molecular weight excluding hydrogens is 274 g/mol. The number of carbonyl (C=O) groups is 1. The third-order valence-electron chi connectivity index (χ3n) is 3.67.